The van der Waals surface area contributed by atoms with Crippen LogP contribution in [0.4, 0.5) is 4.79 Å². The summed E-state index contributed by atoms with van der Waals surface area (Å²) in [4.78, 5) is 25.1. The number of hydrogen-bond donors (Lipinski definition) is 3. The Morgan fingerprint density at radius 2 is 2.05 bits per heavy atom. The average Bonchev–Trinajstić information content (AvgIpc) is 2.84. The number of carbonyl (C=O) groups excluding carboxylic acids is 1. The van der Waals surface area contributed by atoms with Crippen LogP contribution in [0.3, 0.4) is 0 Å². The Hall–Kier alpha value is -1.30. The predicted octanol–water partition coefficient (Wildman–Crippen LogP) is 1.13. The number of aliphatic carboxylic acids is 1. The molecule has 1 aliphatic heterocycles. The highest BCUT2D eigenvalue weighted by molar-refractivity contribution is 5.80. The van der Waals surface area contributed by atoms with Crippen LogP contribution in [0.15, 0.2) is 0 Å². The Morgan fingerprint density at radius 3 is 2.55 bits per heavy atom. The molecule has 1 fully saturated rings. The minimum atomic E-state index is -0.796. The van der Waals surface area contributed by atoms with Gasteiger partial charge in [-0.3, -0.25) is 4.79 Å². The van der Waals surface area contributed by atoms with E-state index in [2.05, 4.69) is 10.6 Å². The maximum Gasteiger partial charge on any atom is 0.317 e. The monoisotopic (exact) mass is 285 g/mol. The van der Waals surface area contributed by atoms with Crippen LogP contribution < -0.4 is 10.6 Å². The van der Waals surface area contributed by atoms with Gasteiger partial charge in [-0.25, -0.2) is 4.79 Å². The first kappa shape index (κ1) is 16.8. The number of carboxylic acid groups (broad SMARTS) is 1. The molecule has 1 saturated heterocycles. The molecule has 0 aromatic carbocycles. The molecule has 20 heavy (non-hydrogen) atoms. The highest BCUT2D eigenvalue weighted by Crippen LogP contribution is 2.38. The third kappa shape index (κ3) is 3.85. The number of nitrogens with one attached hydrogen (secondary N) is 2. The van der Waals surface area contributed by atoms with Crippen molar-refractivity contribution in [2.45, 2.75) is 33.6 Å². The molecular weight excluding hydrogens is 258 g/mol. The largest absolute Gasteiger partial charge is 0.481 e. The van der Waals surface area contributed by atoms with Gasteiger partial charge >= 0.3 is 12.0 Å². The predicted molar refractivity (Wildman–Crippen MR) is 77.7 cm³/mol. The molecule has 6 nitrogen and oxygen atoms in total. The molecular formula is C14H27N3O3. The summed E-state index contributed by atoms with van der Waals surface area (Å²) >= 11 is 0. The van der Waals surface area contributed by atoms with Gasteiger partial charge in [0.1, 0.15) is 0 Å². The second-order valence-electron chi connectivity index (χ2n) is 5.73. The number of rotatable bonds is 7. The molecule has 0 radical (unpaired) electrons. The maximum absolute atomic E-state index is 12.0. The zero-order valence-electron chi connectivity index (χ0n) is 12.7. The number of carboxylic acids is 1. The van der Waals surface area contributed by atoms with Crippen LogP contribution in [-0.4, -0.2) is 54.7 Å². The lowest BCUT2D eigenvalue weighted by Crippen LogP contribution is -2.44. The van der Waals surface area contributed by atoms with Gasteiger partial charge in [-0.05, 0) is 31.8 Å². The first-order valence-electron chi connectivity index (χ1n) is 7.41. The van der Waals surface area contributed by atoms with Crippen LogP contribution >= 0.6 is 0 Å². The number of urea groups is 1. The summed E-state index contributed by atoms with van der Waals surface area (Å²) < 4.78 is 0. The SMILES string of the molecule is CCNCCCNC(=O)N1CCC(C(=O)O)(C(C)C)C1. The highest BCUT2D eigenvalue weighted by atomic mass is 16.4. The molecule has 3 N–H and O–H groups in total. The molecule has 6 heteroatoms. The third-order valence-corrected chi connectivity index (χ3v) is 4.18. The van der Waals surface area contributed by atoms with Crippen LogP contribution in [0.5, 0.6) is 0 Å². The van der Waals surface area contributed by atoms with E-state index in [-0.39, 0.29) is 11.9 Å². The Labute approximate surface area is 120 Å². The zero-order valence-corrected chi connectivity index (χ0v) is 12.7. The van der Waals surface area contributed by atoms with E-state index in [1.807, 2.05) is 20.8 Å². The van der Waals surface area contributed by atoms with E-state index in [0.717, 1.165) is 19.5 Å². The van der Waals surface area contributed by atoms with Crippen molar-refractivity contribution in [2.24, 2.45) is 11.3 Å². The molecule has 0 saturated carbocycles. The smallest absolute Gasteiger partial charge is 0.317 e. The quantitative estimate of drug-likeness (QED) is 0.612. The first-order chi connectivity index (χ1) is 9.44. The molecule has 0 aromatic rings. The van der Waals surface area contributed by atoms with Crippen LogP contribution in [0.1, 0.15) is 33.6 Å². The second kappa shape index (κ2) is 7.47. The molecule has 0 bridgehead atoms. The second-order valence-corrected chi connectivity index (χ2v) is 5.73. The Bertz CT molecular complexity index is 347. The van der Waals surface area contributed by atoms with Gasteiger partial charge < -0.3 is 20.6 Å². The number of hydrogen-bond acceptors (Lipinski definition) is 3. The number of carbonyl (C=O) groups is 2. The van der Waals surface area contributed by atoms with Crippen LogP contribution in [0.25, 0.3) is 0 Å². The molecule has 1 unspecified atom stereocenters. The summed E-state index contributed by atoms with van der Waals surface area (Å²) in [7, 11) is 0. The van der Waals surface area contributed by atoms with Gasteiger partial charge in [-0.1, -0.05) is 20.8 Å². The topological polar surface area (TPSA) is 81.7 Å². The standard InChI is InChI=1S/C14H27N3O3/c1-4-15-7-5-8-16-13(20)17-9-6-14(10-17,11(2)3)12(18)19/h11,15H,4-10H2,1-3H3,(H,16,20)(H,18,19). The van der Waals surface area contributed by atoms with E-state index in [1.165, 1.54) is 0 Å². The molecule has 0 aromatic heterocycles. The van der Waals surface area contributed by atoms with Gasteiger partial charge in [-0.2, -0.15) is 0 Å². The maximum atomic E-state index is 12.0. The molecule has 1 atom stereocenters. The lowest BCUT2D eigenvalue weighted by atomic mass is 9.76. The van der Waals surface area contributed by atoms with Gasteiger partial charge in [0.25, 0.3) is 0 Å². The normalized spacial score (nSPS) is 22.3. The van der Waals surface area contributed by atoms with Crippen molar-refractivity contribution in [3.63, 3.8) is 0 Å². The van der Waals surface area contributed by atoms with Crippen molar-refractivity contribution in [1.82, 2.24) is 15.5 Å². The third-order valence-electron chi connectivity index (χ3n) is 4.18. The molecule has 1 heterocycles. The van der Waals surface area contributed by atoms with E-state index >= 15 is 0 Å². The fourth-order valence-electron chi connectivity index (χ4n) is 2.60. The van der Waals surface area contributed by atoms with Crippen molar-refractivity contribution in [1.29, 1.82) is 0 Å². The minimum absolute atomic E-state index is 0.0200. The average molecular weight is 285 g/mol. The Morgan fingerprint density at radius 1 is 1.35 bits per heavy atom. The molecule has 0 aliphatic carbocycles. The number of amides is 2. The molecule has 2 amide bonds. The van der Waals surface area contributed by atoms with Gasteiger partial charge in [0.05, 0.1) is 5.41 Å². The summed E-state index contributed by atoms with van der Waals surface area (Å²) in [6.45, 7) is 9.10. The summed E-state index contributed by atoms with van der Waals surface area (Å²) in [5.41, 5.74) is -0.791. The summed E-state index contributed by atoms with van der Waals surface area (Å²) in [6, 6.07) is -0.148. The van der Waals surface area contributed by atoms with Crippen LogP contribution in [0.2, 0.25) is 0 Å². The summed E-state index contributed by atoms with van der Waals surface area (Å²) in [5, 5.41) is 15.5. The first-order valence-corrected chi connectivity index (χ1v) is 7.41. The van der Waals surface area contributed by atoms with Crippen molar-refractivity contribution < 1.29 is 14.7 Å². The van der Waals surface area contributed by atoms with E-state index in [4.69, 9.17) is 0 Å². The zero-order chi connectivity index (χ0) is 15.2. The van der Waals surface area contributed by atoms with Crippen molar-refractivity contribution in [2.75, 3.05) is 32.7 Å². The number of nitrogens with zero attached hydrogens (tertiary/aromatic N) is 1. The summed E-state index contributed by atoms with van der Waals surface area (Å²) in [6.07, 6.45) is 1.41. The van der Waals surface area contributed by atoms with Gasteiger partial charge in [0.2, 0.25) is 0 Å². The van der Waals surface area contributed by atoms with Crippen molar-refractivity contribution >= 4 is 12.0 Å². The van der Waals surface area contributed by atoms with Gasteiger partial charge in [0, 0.05) is 19.6 Å². The van der Waals surface area contributed by atoms with Crippen molar-refractivity contribution in [3.8, 4) is 0 Å². The molecule has 1 aliphatic rings. The lowest BCUT2D eigenvalue weighted by Gasteiger charge is -2.28. The van der Waals surface area contributed by atoms with Gasteiger partial charge in [-0.15, -0.1) is 0 Å². The van der Waals surface area contributed by atoms with E-state index in [1.54, 1.807) is 4.90 Å². The highest BCUT2D eigenvalue weighted by Gasteiger charge is 2.48. The minimum Gasteiger partial charge on any atom is -0.481 e. The van der Waals surface area contributed by atoms with Crippen molar-refractivity contribution in [3.05, 3.63) is 0 Å². The fraction of sp³-hybridized carbons (Fsp3) is 0.857. The Kier molecular flexibility index (Phi) is 6.26. The summed E-state index contributed by atoms with van der Waals surface area (Å²) in [5.74, 6) is -0.776. The van der Waals surface area contributed by atoms with E-state index in [9.17, 15) is 14.7 Å². The molecule has 0 spiro atoms. The Balaban J connectivity index is 2.42. The van der Waals surface area contributed by atoms with Crippen LogP contribution in [-0.2, 0) is 4.79 Å². The van der Waals surface area contributed by atoms with E-state index < -0.39 is 11.4 Å². The molecule has 116 valence electrons. The number of likely N-dealkylation sites (tertiary alicyclic amines) is 1. The molecule has 1 rings (SSSR count). The van der Waals surface area contributed by atoms with E-state index in [0.29, 0.717) is 26.1 Å². The van der Waals surface area contributed by atoms with Crippen LogP contribution in [0, 0.1) is 11.3 Å². The lowest BCUT2D eigenvalue weighted by molar-refractivity contribution is -0.150. The fourth-order valence-corrected chi connectivity index (χ4v) is 2.60. The van der Waals surface area contributed by atoms with Gasteiger partial charge in [0.15, 0.2) is 0 Å².